The Morgan fingerprint density at radius 3 is 2.84 bits per heavy atom. The highest BCUT2D eigenvalue weighted by atomic mass is 16.5. The van der Waals surface area contributed by atoms with Gasteiger partial charge in [0.1, 0.15) is 5.76 Å². The van der Waals surface area contributed by atoms with Crippen molar-refractivity contribution < 1.29 is 13.9 Å². The second-order valence-electron chi connectivity index (χ2n) is 5.76. The van der Waals surface area contributed by atoms with Crippen molar-refractivity contribution in [2.45, 2.75) is 50.7 Å². The molecule has 0 bridgehead atoms. The number of hydrogen-bond donors (Lipinski definition) is 1. The van der Waals surface area contributed by atoms with Gasteiger partial charge in [-0.15, -0.1) is 0 Å². The fourth-order valence-corrected chi connectivity index (χ4v) is 3.44. The first-order valence-electron chi connectivity index (χ1n) is 7.19. The number of Topliss-reactive ketones (excluding diaryl/α,β-unsaturated/α-hetero) is 1. The maximum atomic E-state index is 12.5. The fourth-order valence-electron chi connectivity index (χ4n) is 3.44. The van der Waals surface area contributed by atoms with E-state index in [4.69, 9.17) is 14.9 Å². The van der Waals surface area contributed by atoms with Gasteiger partial charge in [-0.25, -0.2) is 0 Å². The minimum atomic E-state index is -0.0259. The number of rotatable bonds is 3. The standard InChI is InChI=1S/C15H21NO3/c16-10-12-3-4-13(19-12)14(17)11-5-8-18-15(9-11)6-1-2-7-15/h3-4,11H,1-2,5-10,16H2. The number of carbonyl (C=O) groups is 1. The lowest BCUT2D eigenvalue weighted by molar-refractivity contribution is -0.0868. The molecule has 1 saturated carbocycles. The largest absolute Gasteiger partial charge is 0.457 e. The van der Waals surface area contributed by atoms with Crippen molar-refractivity contribution >= 4 is 5.78 Å². The highest BCUT2D eigenvalue weighted by Crippen LogP contribution is 2.42. The molecule has 3 rings (SSSR count). The van der Waals surface area contributed by atoms with Crippen molar-refractivity contribution in [2.24, 2.45) is 11.7 Å². The first kappa shape index (κ1) is 12.9. The summed E-state index contributed by atoms with van der Waals surface area (Å²) in [6.45, 7) is 1.03. The number of nitrogens with two attached hydrogens (primary N) is 1. The van der Waals surface area contributed by atoms with Crippen molar-refractivity contribution in [1.82, 2.24) is 0 Å². The predicted molar refractivity (Wildman–Crippen MR) is 70.8 cm³/mol. The van der Waals surface area contributed by atoms with Gasteiger partial charge < -0.3 is 14.9 Å². The summed E-state index contributed by atoms with van der Waals surface area (Å²) in [6, 6.07) is 3.54. The van der Waals surface area contributed by atoms with Crippen LogP contribution in [0.15, 0.2) is 16.5 Å². The smallest absolute Gasteiger partial charge is 0.201 e. The van der Waals surface area contributed by atoms with E-state index in [1.54, 1.807) is 12.1 Å². The zero-order valence-electron chi connectivity index (χ0n) is 11.2. The van der Waals surface area contributed by atoms with Gasteiger partial charge in [-0.1, -0.05) is 12.8 Å². The van der Waals surface area contributed by atoms with Crippen LogP contribution in [0.5, 0.6) is 0 Å². The molecule has 2 heterocycles. The SMILES string of the molecule is NCc1ccc(C(=O)C2CCOC3(CCCC3)C2)o1. The molecule has 1 aliphatic heterocycles. The average molecular weight is 263 g/mol. The van der Waals surface area contributed by atoms with E-state index in [-0.39, 0.29) is 17.3 Å². The van der Waals surface area contributed by atoms with Crippen molar-refractivity contribution in [3.63, 3.8) is 0 Å². The van der Waals surface area contributed by atoms with E-state index in [9.17, 15) is 4.79 Å². The van der Waals surface area contributed by atoms with Crippen molar-refractivity contribution in [3.8, 4) is 0 Å². The Kier molecular flexibility index (Phi) is 3.46. The predicted octanol–water partition coefficient (Wildman–Crippen LogP) is 2.66. The van der Waals surface area contributed by atoms with Gasteiger partial charge in [0.05, 0.1) is 12.1 Å². The van der Waals surface area contributed by atoms with E-state index in [2.05, 4.69) is 0 Å². The van der Waals surface area contributed by atoms with Crippen LogP contribution in [0.3, 0.4) is 0 Å². The van der Waals surface area contributed by atoms with Crippen LogP contribution in [0.4, 0.5) is 0 Å². The third kappa shape index (κ3) is 2.47. The number of furan rings is 1. The first-order chi connectivity index (χ1) is 9.22. The molecule has 0 aromatic carbocycles. The Bertz CT molecular complexity index is 460. The highest BCUT2D eigenvalue weighted by Gasteiger charge is 2.42. The van der Waals surface area contributed by atoms with E-state index in [1.165, 1.54) is 12.8 Å². The normalized spacial score (nSPS) is 25.8. The molecule has 1 spiro atoms. The molecule has 4 heteroatoms. The van der Waals surface area contributed by atoms with Gasteiger partial charge in [0, 0.05) is 12.5 Å². The topological polar surface area (TPSA) is 65.5 Å². The molecule has 1 aliphatic carbocycles. The summed E-state index contributed by atoms with van der Waals surface area (Å²) in [4.78, 5) is 12.5. The van der Waals surface area contributed by atoms with Crippen molar-refractivity contribution in [3.05, 3.63) is 23.7 Å². The van der Waals surface area contributed by atoms with Crippen LogP contribution in [0.25, 0.3) is 0 Å². The summed E-state index contributed by atoms with van der Waals surface area (Å²) in [5.41, 5.74) is 5.49. The Morgan fingerprint density at radius 2 is 2.16 bits per heavy atom. The third-order valence-electron chi connectivity index (χ3n) is 4.48. The van der Waals surface area contributed by atoms with Crippen molar-refractivity contribution in [1.29, 1.82) is 0 Å². The van der Waals surface area contributed by atoms with Crippen LogP contribution in [0.2, 0.25) is 0 Å². The molecule has 0 radical (unpaired) electrons. The summed E-state index contributed by atoms with van der Waals surface area (Å²) in [7, 11) is 0. The molecule has 1 unspecified atom stereocenters. The molecule has 2 N–H and O–H groups in total. The quantitative estimate of drug-likeness (QED) is 0.851. The van der Waals surface area contributed by atoms with Gasteiger partial charge >= 0.3 is 0 Å². The highest BCUT2D eigenvalue weighted by molar-refractivity contribution is 5.95. The number of ketones is 1. The lowest BCUT2D eigenvalue weighted by Crippen LogP contribution is -2.39. The zero-order valence-corrected chi connectivity index (χ0v) is 11.2. The summed E-state index contributed by atoms with van der Waals surface area (Å²) in [5.74, 6) is 1.30. The molecule has 0 amide bonds. The Hall–Kier alpha value is -1.13. The molecular weight excluding hydrogens is 242 g/mol. The number of carbonyl (C=O) groups excluding carboxylic acids is 1. The molecular formula is C15H21NO3. The maximum absolute atomic E-state index is 12.5. The third-order valence-corrected chi connectivity index (χ3v) is 4.48. The molecule has 1 saturated heterocycles. The second-order valence-corrected chi connectivity index (χ2v) is 5.76. The Labute approximate surface area is 113 Å². The summed E-state index contributed by atoms with van der Waals surface area (Å²) in [5, 5.41) is 0. The van der Waals surface area contributed by atoms with Crippen LogP contribution >= 0.6 is 0 Å². The van der Waals surface area contributed by atoms with Crippen LogP contribution < -0.4 is 5.73 Å². The number of ether oxygens (including phenoxy) is 1. The van der Waals surface area contributed by atoms with Gasteiger partial charge in [0.15, 0.2) is 5.76 Å². The molecule has 1 atom stereocenters. The number of hydrogen-bond acceptors (Lipinski definition) is 4. The van der Waals surface area contributed by atoms with E-state index in [0.29, 0.717) is 24.7 Å². The van der Waals surface area contributed by atoms with Crippen LogP contribution in [-0.4, -0.2) is 18.0 Å². The van der Waals surface area contributed by atoms with E-state index < -0.39 is 0 Å². The lowest BCUT2D eigenvalue weighted by atomic mass is 9.82. The van der Waals surface area contributed by atoms with Crippen LogP contribution in [0.1, 0.15) is 54.8 Å². The molecule has 19 heavy (non-hydrogen) atoms. The van der Waals surface area contributed by atoms with Crippen molar-refractivity contribution in [2.75, 3.05) is 6.61 Å². The molecule has 104 valence electrons. The summed E-state index contributed by atoms with van der Waals surface area (Å²) >= 11 is 0. The van der Waals surface area contributed by atoms with Gasteiger partial charge in [-0.2, -0.15) is 0 Å². The molecule has 2 fully saturated rings. The first-order valence-corrected chi connectivity index (χ1v) is 7.19. The van der Waals surface area contributed by atoms with Gasteiger partial charge in [-0.3, -0.25) is 4.79 Å². The Balaban J connectivity index is 1.72. The fraction of sp³-hybridized carbons (Fsp3) is 0.667. The maximum Gasteiger partial charge on any atom is 0.201 e. The summed E-state index contributed by atoms with van der Waals surface area (Å²) in [6.07, 6.45) is 6.30. The van der Waals surface area contributed by atoms with E-state index >= 15 is 0 Å². The van der Waals surface area contributed by atoms with Crippen LogP contribution in [0, 0.1) is 5.92 Å². The second kappa shape index (κ2) is 5.10. The molecule has 2 aliphatic rings. The minimum absolute atomic E-state index is 0.0259. The Morgan fingerprint density at radius 1 is 1.37 bits per heavy atom. The van der Waals surface area contributed by atoms with Crippen LogP contribution in [-0.2, 0) is 11.3 Å². The minimum Gasteiger partial charge on any atom is -0.457 e. The van der Waals surface area contributed by atoms with Gasteiger partial charge in [-0.05, 0) is 37.8 Å². The van der Waals surface area contributed by atoms with E-state index in [1.807, 2.05) is 0 Å². The molecule has 1 aromatic rings. The van der Waals surface area contributed by atoms with Gasteiger partial charge in [0.2, 0.25) is 5.78 Å². The lowest BCUT2D eigenvalue weighted by Gasteiger charge is -2.37. The van der Waals surface area contributed by atoms with Gasteiger partial charge in [0.25, 0.3) is 0 Å². The monoisotopic (exact) mass is 263 g/mol. The summed E-state index contributed by atoms with van der Waals surface area (Å²) < 4.78 is 11.4. The van der Waals surface area contributed by atoms with E-state index in [0.717, 1.165) is 25.7 Å². The average Bonchev–Trinajstić information content (AvgIpc) is 3.07. The zero-order chi connectivity index (χ0) is 13.3. The molecule has 4 nitrogen and oxygen atoms in total. The molecule has 1 aromatic heterocycles.